The summed E-state index contributed by atoms with van der Waals surface area (Å²) in [6.07, 6.45) is 0.768. The van der Waals surface area contributed by atoms with Crippen molar-refractivity contribution in [3.63, 3.8) is 0 Å². The van der Waals surface area contributed by atoms with Crippen LogP contribution in [0.15, 0.2) is 42.5 Å². The molecule has 3 heterocycles. The van der Waals surface area contributed by atoms with Crippen LogP contribution in [0.3, 0.4) is 0 Å². The highest BCUT2D eigenvalue weighted by atomic mass is 32.1. The molecule has 2 aliphatic rings. The van der Waals surface area contributed by atoms with Crippen LogP contribution in [0.2, 0.25) is 0 Å². The van der Waals surface area contributed by atoms with Gasteiger partial charge in [-0.15, -0.1) is 11.3 Å². The Morgan fingerprint density at radius 3 is 2.66 bits per heavy atom. The van der Waals surface area contributed by atoms with Crippen LogP contribution in [0.4, 0.5) is 4.79 Å². The van der Waals surface area contributed by atoms with Gasteiger partial charge in [0.25, 0.3) is 5.91 Å². The zero-order valence-electron chi connectivity index (χ0n) is 17.8. The van der Waals surface area contributed by atoms with E-state index in [2.05, 4.69) is 5.32 Å². The molecule has 0 bridgehead atoms. The minimum atomic E-state index is -1.29. The van der Waals surface area contributed by atoms with E-state index in [1.165, 1.54) is 11.3 Å². The molecule has 2 aromatic carbocycles. The van der Waals surface area contributed by atoms with Gasteiger partial charge in [-0.25, -0.2) is 4.79 Å². The lowest BCUT2D eigenvalue weighted by atomic mass is 9.91. The number of rotatable bonds is 4. The first-order valence-electron chi connectivity index (χ1n) is 10.4. The van der Waals surface area contributed by atoms with Gasteiger partial charge in [-0.1, -0.05) is 24.3 Å². The number of nitrogens with zero attached hydrogens (tertiary/aromatic N) is 1. The van der Waals surface area contributed by atoms with Gasteiger partial charge in [0.1, 0.15) is 5.54 Å². The monoisotopic (exact) mass is 450 g/mol. The number of ketones is 1. The van der Waals surface area contributed by atoms with Crippen LogP contribution >= 0.6 is 11.3 Å². The number of aryl methyl sites for hydroxylation is 1. The topological polar surface area (TPSA) is 84.9 Å². The van der Waals surface area contributed by atoms with Crippen LogP contribution in [0.25, 0.3) is 10.1 Å². The normalized spacial score (nSPS) is 20.4. The first-order valence-corrected chi connectivity index (χ1v) is 11.3. The summed E-state index contributed by atoms with van der Waals surface area (Å²) in [4.78, 5) is 40.7. The van der Waals surface area contributed by atoms with E-state index in [1.807, 2.05) is 31.2 Å². The summed E-state index contributed by atoms with van der Waals surface area (Å²) in [5.41, 5.74) is 0.151. The van der Waals surface area contributed by atoms with E-state index in [0.29, 0.717) is 35.2 Å². The van der Waals surface area contributed by atoms with Gasteiger partial charge in [-0.2, -0.15) is 0 Å². The predicted octanol–water partition coefficient (Wildman–Crippen LogP) is 4.02. The number of benzene rings is 2. The molecule has 1 saturated heterocycles. The number of amides is 3. The van der Waals surface area contributed by atoms with Crippen molar-refractivity contribution in [1.29, 1.82) is 0 Å². The molecule has 1 N–H and O–H groups in total. The zero-order valence-corrected chi connectivity index (χ0v) is 18.6. The number of thiophene rings is 1. The lowest BCUT2D eigenvalue weighted by molar-refractivity contribution is -0.130. The number of imide groups is 1. The Kier molecular flexibility index (Phi) is 4.89. The van der Waals surface area contributed by atoms with Gasteiger partial charge in [-0.3, -0.25) is 14.5 Å². The number of Topliss-reactive ketones (excluding diaryl/α,β-unsaturated/α-hetero) is 1. The SMILES string of the molecule is Cc1c(C(=O)CN2C(=O)NC(C)(c3ccc4c(c3)OCCCO4)C2=O)sc2ccccc12. The lowest BCUT2D eigenvalue weighted by Crippen LogP contribution is -2.41. The first-order chi connectivity index (χ1) is 15.4. The van der Waals surface area contributed by atoms with Crippen molar-refractivity contribution < 1.29 is 23.9 Å². The highest BCUT2D eigenvalue weighted by Gasteiger charge is 2.50. The molecule has 164 valence electrons. The predicted molar refractivity (Wildman–Crippen MR) is 121 cm³/mol. The molecule has 5 rings (SSSR count). The van der Waals surface area contributed by atoms with E-state index in [-0.39, 0.29) is 12.3 Å². The molecule has 0 spiro atoms. The van der Waals surface area contributed by atoms with Crippen molar-refractivity contribution >= 4 is 39.1 Å². The van der Waals surface area contributed by atoms with Gasteiger partial charge in [-0.05, 0) is 48.6 Å². The number of nitrogens with one attached hydrogen (secondary N) is 1. The third-order valence-electron chi connectivity index (χ3n) is 6.00. The van der Waals surface area contributed by atoms with E-state index in [1.54, 1.807) is 25.1 Å². The Hall–Kier alpha value is -3.39. The first kappa shape index (κ1) is 20.5. The molecular weight excluding hydrogens is 428 g/mol. The summed E-state index contributed by atoms with van der Waals surface area (Å²) in [6.45, 7) is 4.30. The molecule has 1 fully saturated rings. The lowest BCUT2D eigenvalue weighted by Gasteiger charge is -2.23. The molecule has 7 nitrogen and oxygen atoms in total. The molecule has 0 radical (unpaired) electrons. The number of carbonyl (C=O) groups is 3. The number of hydrogen-bond donors (Lipinski definition) is 1. The van der Waals surface area contributed by atoms with Crippen LogP contribution in [0, 0.1) is 6.92 Å². The quantitative estimate of drug-likeness (QED) is 0.479. The summed E-state index contributed by atoms with van der Waals surface area (Å²) >= 11 is 1.38. The average molecular weight is 451 g/mol. The van der Waals surface area contributed by atoms with E-state index >= 15 is 0 Å². The molecule has 8 heteroatoms. The fourth-order valence-corrected chi connectivity index (χ4v) is 5.31. The van der Waals surface area contributed by atoms with Crippen LogP contribution in [0.5, 0.6) is 11.5 Å². The second kappa shape index (κ2) is 7.63. The summed E-state index contributed by atoms with van der Waals surface area (Å²) in [5.74, 6) is 0.428. The smallest absolute Gasteiger partial charge is 0.325 e. The van der Waals surface area contributed by atoms with Crippen LogP contribution in [0.1, 0.15) is 34.1 Å². The van der Waals surface area contributed by atoms with E-state index in [9.17, 15) is 14.4 Å². The second-order valence-corrected chi connectivity index (χ2v) is 9.19. The standard InChI is InChI=1S/C24H22N2O5S/c1-14-16-6-3-4-7-20(16)32-21(14)17(27)13-26-22(28)24(2,25-23(26)29)15-8-9-18-19(12-15)31-11-5-10-30-18/h3-4,6-9,12H,5,10-11,13H2,1-2H3,(H,25,29). The Balaban J connectivity index is 1.41. The highest BCUT2D eigenvalue weighted by Crippen LogP contribution is 2.37. The molecule has 2 aliphatic heterocycles. The molecule has 3 aromatic rings. The molecule has 3 amide bonds. The summed E-state index contributed by atoms with van der Waals surface area (Å²) in [7, 11) is 0. The van der Waals surface area contributed by atoms with Gasteiger partial charge in [0, 0.05) is 11.1 Å². The molecular formula is C24H22N2O5S. The highest BCUT2D eigenvalue weighted by molar-refractivity contribution is 7.21. The van der Waals surface area contributed by atoms with E-state index in [0.717, 1.165) is 27.0 Å². The van der Waals surface area contributed by atoms with Gasteiger partial charge in [0.2, 0.25) is 0 Å². The fourth-order valence-electron chi connectivity index (χ4n) is 4.17. The van der Waals surface area contributed by atoms with Crippen LogP contribution in [-0.4, -0.2) is 42.4 Å². The second-order valence-electron chi connectivity index (χ2n) is 8.13. The van der Waals surface area contributed by atoms with Crippen LogP contribution < -0.4 is 14.8 Å². The third-order valence-corrected chi connectivity index (χ3v) is 7.31. The maximum atomic E-state index is 13.3. The number of ether oxygens (including phenoxy) is 2. The van der Waals surface area contributed by atoms with Crippen molar-refractivity contribution in [2.45, 2.75) is 25.8 Å². The summed E-state index contributed by atoms with van der Waals surface area (Å²) < 4.78 is 12.4. The summed E-state index contributed by atoms with van der Waals surface area (Å²) in [6, 6.07) is 12.4. The van der Waals surface area contributed by atoms with Crippen molar-refractivity contribution in [1.82, 2.24) is 10.2 Å². The Morgan fingerprint density at radius 1 is 1.12 bits per heavy atom. The van der Waals surface area contributed by atoms with Crippen LogP contribution in [-0.2, 0) is 10.3 Å². The summed E-state index contributed by atoms with van der Waals surface area (Å²) in [5, 5.41) is 3.77. The Morgan fingerprint density at radius 2 is 1.88 bits per heavy atom. The molecule has 1 atom stereocenters. The molecule has 0 aliphatic carbocycles. The van der Waals surface area contributed by atoms with Crippen molar-refractivity contribution in [2.24, 2.45) is 0 Å². The molecule has 1 aromatic heterocycles. The Labute approximate surface area is 188 Å². The van der Waals surface area contributed by atoms with Gasteiger partial charge in [0.05, 0.1) is 24.6 Å². The number of urea groups is 1. The number of carbonyl (C=O) groups excluding carboxylic acids is 3. The van der Waals surface area contributed by atoms with Crippen molar-refractivity contribution in [3.05, 3.63) is 58.5 Å². The average Bonchev–Trinajstić information content (AvgIpc) is 3.10. The number of hydrogen-bond acceptors (Lipinski definition) is 6. The minimum Gasteiger partial charge on any atom is -0.490 e. The maximum Gasteiger partial charge on any atom is 0.325 e. The molecule has 0 saturated carbocycles. The third kappa shape index (κ3) is 3.22. The Bertz CT molecular complexity index is 1270. The van der Waals surface area contributed by atoms with Gasteiger partial charge >= 0.3 is 6.03 Å². The minimum absolute atomic E-state index is 0.255. The fraction of sp³-hybridized carbons (Fsp3) is 0.292. The maximum absolute atomic E-state index is 13.3. The van der Waals surface area contributed by atoms with Gasteiger partial charge < -0.3 is 14.8 Å². The van der Waals surface area contributed by atoms with Gasteiger partial charge in [0.15, 0.2) is 17.3 Å². The molecule has 32 heavy (non-hydrogen) atoms. The zero-order chi connectivity index (χ0) is 22.5. The van der Waals surface area contributed by atoms with Crippen molar-refractivity contribution in [2.75, 3.05) is 19.8 Å². The van der Waals surface area contributed by atoms with Crippen molar-refractivity contribution in [3.8, 4) is 11.5 Å². The molecule has 1 unspecified atom stereocenters. The van der Waals surface area contributed by atoms with E-state index < -0.39 is 17.5 Å². The van der Waals surface area contributed by atoms with E-state index in [4.69, 9.17) is 9.47 Å². The number of fused-ring (bicyclic) bond motifs is 2. The largest absolute Gasteiger partial charge is 0.490 e.